The fraction of sp³-hybridized carbons (Fsp3) is 0.538. The lowest BCUT2D eigenvalue weighted by Crippen LogP contribution is -2.19. The molecule has 1 aliphatic rings. The van der Waals surface area contributed by atoms with Crippen molar-refractivity contribution in [1.82, 2.24) is 19.9 Å². The molecule has 0 saturated carbocycles. The molecule has 2 aromatic rings. The SMILES string of the molecule is CC(C)n1c([C@@H]2CCCN2)nc2ccncc21. The second-order valence-electron chi connectivity index (χ2n) is 4.95. The summed E-state index contributed by atoms with van der Waals surface area (Å²) in [7, 11) is 0. The fourth-order valence-electron chi connectivity index (χ4n) is 2.65. The second-order valence-corrected chi connectivity index (χ2v) is 4.95. The summed E-state index contributed by atoms with van der Waals surface area (Å²) < 4.78 is 2.31. The van der Waals surface area contributed by atoms with E-state index < -0.39 is 0 Å². The summed E-state index contributed by atoms with van der Waals surface area (Å²) in [5.41, 5.74) is 2.20. The zero-order valence-electron chi connectivity index (χ0n) is 10.3. The number of imidazole rings is 1. The van der Waals surface area contributed by atoms with Gasteiger partial charge in [0.15, 0.2) is 0 Å². The van der Waals surface area contributed by atoms with Gasteiger partial charge in [0.25, 0.3) is 0 Å². The Morgan fingerprint density at radius 1 is 1.47 bits per heavy atom. The van der Waals surface area contributed by atoms with E-state index in [4.69, 9.17) is 4.98 Å². The Morgan fingerprint density at radius 3 is 3.06 bits per heavy atom. The van der Waals surface area contributed by atoms with Crippen LogP contribution >= 0.6 is 0 Å². The van der Waals surface area contributed by atoms with Gasteiger partial charge in [0.2, 0.25) is 0 Å². The van der Waals surface area contributed by atoms with Gasteiger partial charge in [0, 0.05) is 12.2 Å². The van der Waals surface area contributed by atoms with E-state index in [1.165, 1.54) is 18.7 Å². The Bertz CT molecular complexity index is 523. The lowest BCUT2D eigenvalue weighted by atomic mass is 10.2. The van der Waals surface area contributed by atoms with Crippen LogP contribution in [-0.2, 0) is 0 Å². The van der Waals surface area contributed by atoms with Crippen molar-refractivity contribution in [2.75, 3.05) is 6.54 Å². The highest BCUT2D eigenvalue weighted by atomic mass is 15.2. The van der Waals surface area contributed by atoms with Crippen molar-refractivity contribution >= 4 is 11.0 Å². The summed E-state index contributed by atoms with van der Waals surface area (Å²) in [6, 6.07) is 2.82. The zero-order valence-corrected chi connectivity index (χ0v) is 10.3. The number of nitrogens with zero attached hydrogens (tertiary/aromatic N) is 3. The summed E-state index contributed by atoms with van der Waals surface area (Å²) in [6.45, 7) is 5.50. The van der Waals surface area contributed by atoms with Crippen molar-refractivity contribution in [3.8, 4) is 0 Å². The van der Waals surface area contributed by atoms with Gasteiger partial charge in [-0.2, -0.15) is 0 Å². The molecule has 90 valence electrons. The molecule has 3 rings (SSSR count). The zero-order chi connectivity index (χ0) is 11.8. The van der Waals surface area contributed by atoms with Crippen LogP contribution in [0.2, 0.25) is 0 Å². The van der Waals surface area contributed by atoms with Gasteiger partial charge in [-0.25, -0.2) is 4.98 Å². The highest BCUT2D eigenvalue weighted by Gasteiger charge is 2.24. The van der Waals surface area contributed by atoms with E-state index >= 15 is 0 Å². The van der Waals surface area contributed by atoms with Crippen LogP contribution in [0.1, 0.15) is 44.6 Å². The van der Waals surface area contributed by atoms with Crippen LogP contribution in [-0.4, -0.2) is 21.1 Å². The molecule has 0 aromatic carbocycles. The third-order valence-electron chi connectivity index (χ3n) is 3.41. The van der Waals surface area contributed by atoms with Gasteiger partial charge < -0.3 is 9.88 Å². The molecule has 0 bridgehead atoms. The standard InChI is InChI=1S/C13H18N4/c1-9(2)17-12-8-14-7-5-10(12)16-13(17)11-4-3-6-15-11/h5,7-9,11,15H,3-4,6H2,1-2H3/t11-/m0/s1. The normalized spacial score (nSPS) is 20.5. The van der Waals surface area contributed by atoms with Crippen molar-refractivity contribution in [1.29, 1.82) is 0 Å². The maximum Gasteiger partial charge on any atom is 0.127 e. The molecule has 0 aliphatic carbocycles. The first-order valence-corrected chi connectivity index (χ1v) is 6.32. The molecule has 0 unspecified atom stereocenters. The topological polar surface area (TPSA) is 42.7 Å². The molecular weight excluding hydrogens is 212 g/mol. The molecule has 1 N–H and O–H groups in total. The molecular formula is C13H18N4. The van der Waals surface area contributed by atoms with Gasteiger partial charge in [-0.1, -0.05) is 0 Å². The fourth-order valence-corrected chi connectivity index (χ4v) is 2.65. The first-order chi connectivity index (χ1) is 8.27. The quantitative estimate of drug-likeness (QED) is 0.861. The minimum Gasteiger partial charge on any atom is -0.323 e. The summed E-state index contributed by atoms with van der Waals surface area (Å²) in [5.74, 6) is 1.17. The first kappa shape index (κ1) is 10.7. The minimum atomic E-state index is 0.407. The molecule has 1 fully saturated rings. The van der Waals surface area contributed by atoms with E-state index in [9.17, 15) is 0 Å². The predicted octanol–water partition coefficient (Wildman–Crippen LogP) is 2.44. The lowest BCUT2D eigenvalue weighted by molar-refractivity contribution is 0.517. The Hall–Kier alpha value is -1.42. The van der Waals surface area contributed by atoms with Crippen molar-refractivity contribution < 1.29 is 0 Å². The van der Waals surface area contributed by atoms with Crippen molar-refractivity contribution in [2.24, 2.45) is 0 Å². The van der Waals surface area contributed by atoms with E-state index in [1.807, 2.05) is 18.5 Å². The Kier molecular flexibility index (Phi) is 2.59. The van der Waals surface area contributed by atoms with Gasteiger partial charge >= 0.3 is 0 Å². The summed E-state index contributed by atoms with van der Waals surface area (Å²) in [5, 5.41) is 3.53. The van der Waals surface area contributed by atoms with Crippen LogP contribution in [0.25, 0.3) is 11.0 Å². The Balaban J connectivity index is 2.18. The number of fused-ring (bicyclic) bond motifs is 1. The number of pyridine rings is 1. The Morgan fingerprint density at radius 2 is 2.35 bits per heavy atom. The van der Waals surface area contributed by atoms with E-state index in [2.05, 4.69) is 28.7 Å². The average molecular weight is 230 g/mol. The van der Waals surface area contributed by atoms with Crippen molar-refractivity contribution in [3.05, 3.63) is 24.3 Å². The number of rotatable bonds is 2. The van der Waals surface area contributed by atoms with E-state index in [0.29, 0.717) is 12.1 Å². The number of hydrogen-bond acceptors (Lipinski definition) is 3. The molecule has 0 amide bonds. The van der Waals surface area contributed by atoms with Gasteiger partial charge in [-0.05, 0) is 39.3 Å². The number of hydrogen-bond donors (Lipinski definition) is 1. The minimum absolute atomic E-state index is 0.407. The molecule has 0 radical (unpaired) electrons. The van der Waals surface area contributed by atoms with Crippen molar-refractivity contribution in [2.45, 2.75) is 38.8 Å². The lowest BCUT2D eigenvalue weighted by Gasteiger charge is -2.16. The molecule has 1 saturated heterocycles. The smallest absolute Gasteiger partial charge is 0.127 e. The second kappa shape index (κ2) is 4.11. The number of aromatic nitrogens is 3. The molecule has 1 aliphatic heterocycles. The van der Waals surface area contributed by atoms with Crippen LogP contribution in [0.4, 0.5) is 0 Å². The summed E-state index contributed by atoms with van der Waals surface area (Å²) >= 11 is 0. The predicted molar refractivity (Wildman–Crippen MR) is 67.9 cm³/mol. The highest BCUT2D eigenvalue weighted by Crippen LogP contribution is 2.28. The summed E-state index contributed by atoms with van der Waals surface area (Å²) in [4.78, 5) is 8.99. The van der Waals surface area contributed by atoms with E-state index in [-0.39, 0.29) is 0 Å². The molecule has 0 spiro atoms. The van der Waals surface area contributed by atoms with E-state index in [1.54, 1.807) is 0 Å². The molecule has 3 heterocycles. The molecule has 2 aromatic heterocycles. The monoisotopic (exact) mass is 230 g/mol. The van der Waals surface area contributed by atoms with Gasteiger partial charge in [0.1, 0.15) is 5.82 Å². The van der Waals surface area contributed by atoms with Crippen LogP contribution in [0.15, 0.2) is 18.5 Å². The maximum atomic E-state index is 4.78. The van der Waals surface area contributed by atoms with Crippen molar-refractivity contribution in [3.63, 3.8) is 0 Å². The van der Waals surface area contributed by atoms with Gasteiger partial charge in [0.05, 0.1) is 23.3 Å². The first-order valence-electron chi connectivity index (χ1n) is 6.32. The molecule has 4 nitrogen and oxygen atoms in total. The van der Waals surface area contributed by atoms with Crippen LogP contribution in [0.5, 0.6) is 0 Å². The van der Waals surface area contributed by atoms with Crippen LogP contribution in [0, 0.1) is 0 Å². The summed E-state index contributed by atoms with van der Waals surface area (Å²) in [6.07, 6.45) is 6.15. The maximum absolute atomic E-state index is 4.78. The molecule has 1 atom stereocenters. The highest BCUT2D eigenvalue weighted by molar-refractivity contribution is 5.75. The largest absolute Gasteiger partial charge is 0.323 e. The van der Waals surface area contributed by atoms with Gasteiger partial charge in [-0.15, -0.1) is 0 Å². The number of nitrogens with one attached hydrogen (secondary N) is 1. The van der Waals surface area contributed by atoms with E-state index in [0.717, 1.165) is 17.6 Å². The molecule has 4 heteroatoms. The Labute approximate surface area is 101 Å². The van der Waals surface area contributed by atoms with Crippen LogP contribution in [0.3, 0.4) is 0 Å². The molecule has 17 heavy (non-hydrogen) atoms. The third kappa shape index (κ3) is 1.72. The van der Waals surface area contributed by atoms with Gasteiger partial charge in [-0.3, -0.25) is 4.98 Å². The average Bonchev–Trinajstić information content (AvgIpc) is 2.95. The van der Waals surface area contributed by atoms with Crippen LogP contribution < -0.4 is 5.32 Å². The third-order valence-corrected chi connectivity index (χ3v) is 3.41.